The Hall–Kier alpha value is -2.85. The maximum atomic E-state index is 12.6. The van der Waals surface area contributed by atoms with Gasteiger partial charge in [0.05, 0.1) is 11.1 Å². The molecule has 0 bridgehead atoms. The molecule has 1 N–H and O–H groups in total. The molecule has 0 aliphatic carbocycles. The first-order chi connectivity index (χ1) is 12.0. The highest BCUT2D eigenvalue weighted by Crippen LogP contribution is 2.38. The van der Waals surface area contributed by atoms with E-state index in [9.17, 15) is 9.59 Å². The van der Waals surface area contributed by atoms with Gasteiger partial charge in [-0.3, -0.25) is 14.9 Å². The highest BCUT2D eigenvalue weighted by atomic mass is 35.5. The summed E-state index contributed by atoms with van der Waals surface area (Å²) in [5.74, 6) is -0.813. The van der Waals surface area contributed by atoms with Crippen molar-refractivity contribution in [2.75, 3.05) is 0 Å². The summed E-state index contributed by atoms with van der Waals surface area (Å²) < 4.78 is 1.95. The number of benzene rings is 2. The average molecular weight is 351 g/mol. The molecule has 0 fully saturated rings. The fourth-order valence-corrected chi connectivity index (χ4v) is 3.66. The van der Waals surface area contributed by atoms with Crippen LogP contribution >= 0.6 is 11.6 Å². The molecule has 1 aromatic heterocycles. The number of nitrogens with one attached hydrogen (secondary N) is 1. The first-order valence-electron chi connectivity index (χ1n) is 7.88. The monoisotopic (exact) mass is 350 g/mol. The van der Waals surface area contributed by atoms with Gasteiger partial charge in [0.15, 0.2) is 0 Å². The van der Waals surface area contributed by atoms with Gasteiger partial charge in [-0.25, -0.2) is 0 Å². The number of aromatic nitrogens is 1. The molecule has 2 heterocycles. The third-order valence-electron chi connectivity index (χ3n) is 4.49. The second kappa shape index (κ2) is 5.60. The molecule has 2 aromatic carbocycles. The normalized spacial score (nSPS) is 14.5. The Labute approximate surface area is 149 Å². The summed E-state index contributed by atoms with van der Waals surface area (Å²) in [7, 11) is 1.92. The van der Waals surface area contributed by atoms with E-state index in [0.29, 0.717) is 21.7 Å². The number of amides is 2. The zero-order valence-electron chi connectivity index (χ0n) is 13.8. The van der Waals surface area contributed by atoms with E-state index in [1.165, 1.54) is 0 Å². The van der Waals surface area contributed by atoms with Gasteiger partial charge >= 0.3 is 0 Å². The molecule has 0 radical (unpaired) electrons. The summed E-state index contributed by atoms with van der Waals surface area (Å²) in [6.07, 6.45) is 1.88. The molecule has 124 valence electrons. The minimum absolute atomic E-state index is 0.325. The van der Waals surface area contributed by atoms with Crippen LogP contribution in [0, 0.1) is 6.92 Å². The van der Waals surface area contributed by atoms with Gasteiger partial charge in [-0.05, 0) is 24.6 Å². The van der Waals surface area contributed by atoms with Gasteiger partial charge in [-0.15, -0.1) is 0 Å². The summed E-state index contributed by atoms with van der Waals surface area (Å²) >= 11 is 6.37. The lowest BCUT2D eigenvalue weighted by Crippen LogP contribution is -2.22. The predicted octanol–water partition coefficient (Wildman–Crippen LogP) is 3.71. The van der Waals surface area contributed by atoms with Gasteiger partial charge in [0.1, 0.15) is 0 Å². The van der Waals surface area contributed by atoms with E-state index in [0.717, 1.165) is 22.0 Å². The first kappa shape index (κ1) is 15.7. The van der Waals surface area contributed by atoms with Gasteiger partial charge < -0.3 is 4.57 Å². The maximum absolute atomic E-state index is 12.6. The first-order valence-corrected chi connectivity index (χ1v) is 8.26. The Morgan fingerprint density at radius 3 is 2.36 bits per heavy atom. The molecule has 0 saturated heterocycles. The number of halogens is 1. The third kappa shape index (κ3) is 2.37. The van der Waals surface area contributed by atoms with Crippen LogP contribution in [0.5, 0.6) is 0 Å². The smallest absolute Gasteiger partial charge is 0.259 e. The summed E-state index contributed by atoms with van der Waals surface area (Å²) in [6, 6.07) is 13.2. The molecular formula is C20H15ClN2O2. The van der Waals surface area contributed by atoms with E-state index in [4.69, 9.17) is 11.6 Å². The lowest BCUT2D eigenvalue weighted by Gasteiger charge is -2.07. The second-order valence-electron chi connectivity index (χ2n) is 6.19. The highest BCUT2D eigenvalue weighted by Gasteiger charge is 2.34. The van der Waals surface area contributed by atoms with Gasteiger partial charge in [0.2, 0.25) is 0 Å². The summed E-state index contributed by atoms with van der Waals surface area (Å²) in [4.78, 5) is 25.1. The Morgan fingerprint density at radius 2 is 1.64 bits per heavy atom. The quantitative estimate of drug-likeness (QED) is 0.716. The Bertz CT molecular complexity index is 1090. The van der Waals surface area contributed by atoms with Crippen molar-refractivity contribution in [1.82, 2.24) is 9.88 Å². The second-order valence-corrected chi connectivity index (χ2v) is 6.59. The van der Waals surface area contributed by atoms with Crippen molar-refractivity contribution in [2.24, 2.45) is 7.05 Å². The van der Waals surface area contributed by atoms with E-state index in [1.807, 2.05) is 55.1 Å². The lowest BCUT2D eigenvalue weighted by atomic mass is 9.95. The fourth-order valence-electron chi connectivity index (χ4n) is 3.33. The summed E-state index contributed by atoms with van der Waals surface area (Å²) in [6.45, 7) is 1.93. The van der Waals surface area contributed by atoms with Crippen LogP contribution in [-0.2, 0) is 16.6 Å². The molecule has 4 nitrogen and oxygen atoms in total. The number of carbonyl (C=O) groups excluding carboxylic acids is 2. The number of rotatable bonds is 2. The molecule has 0 atom stereocenters. The molecule has 5 heteroatoms. The van der Waals surface area contributed by atoms with Gasteiger partial charge in [-0.1, -0.05) is 41.9 Å². The van der Waals surface area contributed by atoms with Crippen LogP contribution < -0.4 is 5.32 Å². The molecule has 4 rings (SSSR count). The summed E-state index contributed by atoms with van der Waals surface area (Å²) in [5.41, 5.74) is 3.97. The average Bonchev–Trinajstić information content (AvgIpc) is 3.04. The SMILES string of the molecule is Cc1ccc(C2=C(c3cn(C)c4ccccc34)C(=O)NC2=O)c(Cl)c1. The van der Waals surface area contributed by atoms with Crippen LogP contribution in [-0.4, -0.2) is 16.4 Å². The maximum Gasteiger partial charge on any atom is 0.259 e. The highest BCUT2D eigenvalue weighted by molar-refractivity contribution is 6.51. The van der Waals surface area contributed by atoms with Crippen molar-refractivity contribution in [1.29, 1.82) is 0 Å². The minimum Gasteiger partial charge on any atom is -0.350 e. The molecule has 0 saturated carbocycles. The number of hydrogen-bond acceptors (Lipinski definition) is 2. The molecule has 3 aromatic rings. The van der Waals surface area contributed by atoms with Crippen molar-refractivity contribution in [3.05, 3.63) is 70.4 Å². The predicted molar refractivity (Wildman–Crippen MR) is 99.1 cm³/mol. The number of para-hydroxylation sites is 1. The van der Waals surface area contributed by atoms with Crippen LogP contribution in [0.25, 0.3) is 22.0 Å². The third-order valence-corrected chi connectivity index (χ3v) is 4.80. The standard InChI is InChI=1S/C20H15ClN2O2/c1-11-7-8-13(15(21)9-11)17-18(20(25)22-19(17)24)14-10-23(2)16-6-4-3-5-12(14)16/h3-10H,1-2H3,(H,22,24,25). The zero-order chi connectivity index (χ0) is 17.7. The van der Waals surface area contributed by atoms with Gasteiger partial charge in [0.25, 0.3) is 11.8 Å². The fraction of sp³-hybridized carbons (Fsp3) is 0.100. The molecular weight excluding hydrogens is 336 g/mol. The van der Waals surface area contributed by atoms with Crippen molar-refractivity contribution in [3.8, 4) is 0 Å². The Morgan fingerprint density at radius 1 is 0.960 bits per heavy atom. The van der Waals surface area contributed by atoms with Crippen molar-refractivity contribution < 1.29 is 9.59 Å². The topological polar surface area (TPSA) is 51.1 Å². The van der Waals surface area contributed by atoms with Gasteiger partial charge in [-0.2, -0.15) is 0 Å². The van der Waals surface area contributed by atoms with Crippen LogP contribution in [0.2, 0.25) is 5.02 Å². The van der Waals surface area contributed by atoms with Crippen LogP contribution in [0.4, 0.5) is 0 Å². The largest absolute Gasteiger partial charge is 0.350 e. The van der Waals surface area contributed by atoms with Crippen molar-refractivity contribution >= 4 is 45.5 Å². The molecule has 0 unspecified atom stereocenters. The van der Waals surface area contributed by atoms with E-state index in [2.05, 4.69) is 5.32 Å². The van der Waals surface area contributed by atoms with E-state index < -0.39 is 11.8 Å². The number of fused-ring (bicyclic) bond motifs is 1. The van der Waals surface area contributed by atoms with Crippen LogP contribution in [0.1, 0.15) is 16.7 Å². The molecule has 1 aliphatic heterocycles. The van der Waals surface area contributed by atoms with Crippen LogP contribution in [0.15, 0.2) is 48.7 Å². The van der Waals surface area contributed by atoms with Crippen molar-refractivity contribution in [2.45, 2.75) is 6.92 Å². The number of carbonyl (C=O) groups is 2. The minimum atomic E-state index is -0.418. The molecule has 25 heavy (non-hydrogen) atoms. The van der Waals surface area contributed by atoms with E-state index >= 15 is 0 Å². The van der Waals surface area contributed by atoms with E-state index in [1.54, 1.807) is 12.1 Å². The molecule has 0 spiro atoms. The Kier molecular flexibility index (Phi) is 3.51. The van der Waals surface area contributed by atoms with Crippen molar-refractivity contribution in [3.63, 3.8) is 0 Å². The number of imide groups is 1. The van der Waals surface area contributed by atoms with Crippen LogP contribution in [0.3, 0.4) is 0 Å². The number of aryl methyl sites for hydroxylation is 2. The Balaban J connectivity index is 2.06. The number of nitrogens with zero attached hydrogens (tertiary/aromatic N) is 1. The summed E-state index contributed by atoms with van der Waals surface area (Å²) in [5, 5.41) is 3.79. The van der Waals surface area contributed by atoms with E-state index in [-0.39, 0.29) is 0 Å². The lowest BCUT2D eigenvalue weighted by molar-refractivity contribution is -0.122. The molecule has 2 amide bonds. The molecule has 1 aliphatic rings. The van der Waals surface area contributed by atoms with Gasteiger partial charge in [0, 0.05) is 40.3 Å². The zero-order valence-corrected chi connectivity index (χ0v) is 14.5. The number of hydrogen-bond donors (Lipinski definition) is 1.